The Morgan fingerprint density at radius 3 is 2.89 bits per heavy atom. The molecule has 1 saturated heterocycles. The lowest BCUT2D eigenvalue weighted by atomic mass is 9.98. The van der Waals surface area contributed by atoms with Gasteiger partial charge in [0.05, 0.1) is 20.1 Å². The van der Waals surface area contributed by atoms with Crippen LogP contribution in [-0.4, -0.2) is 44.1 Å². The summed E-state index contributed by atoms with van der Waals surface area (Å²) >= 11 is 1.36. The van der Waals surface area contributed by atoms with E-state index in [-0.39, 0.29) is 17.8 Å². The topological polar surface area (TPSA) is 55.8 Å². The van der Waals surface area contributed by atoms with Crippen LogP contribution in [0.5, 0.6) is 5.75 Å². The predicted octanol–water partition coefficient (Wildman–Crippen LogP) is 1.78. The van der Waals surface area contributed by atoms with Crippen LogP contribution in [-0.2, 0) is 9.53 Å². The van der Waals surface area contributed by atoms with Crippen molar-refractivity contribution in [2.75, 3.05) is 27.3 Å². The summed E-state index contributed by atoms with van der Waals surface area (Å²) < 4.78 is 9.92. The molecule has 2 heterocycles. The molecule has 0 saturated carbocycles. The first kappa shape index (κ1) is 13.9. The van der Waals surface area contributed by atoms with Gasteiger partial charge in [-0.1, -0.05) is 0 Å². The molecule has 0 radical (unpaired) electrons. The maximum atomic E-state index is 12.4. The molecular formula is C13H17NO4S. The van der Waals surface area contributed by atoms with E-state index in [0.29, 0.717) is 23.7 Å². The standard InChI is InChI=1S/C13H17NO4S/c1-17-10-5-7-19-11(10)12(15)14-6-3-4-9(8-14)13(16)18-2/h5,7,9H,3-4,6,8H2,1-2H3/t9-/m0/s1. The maximum Gasteiger partial charge on any atom is 0.310 e. The highest BCUT2D eigenvalue weighted by Gasteiger charge is 2.30. The smallest absolute Gasteiger partial charge is 0.310 e. The van der Waals surface area contributed by atoms with Crippen LogP contribution in [0.3, 0.4) is 0 Å². The Morgan fingerprint density at radius 1 is 1.42 bits per heavy atom. The van der Waals surface area contributed by atoms with Gasteiger partial charge in [0, 0.05) is 13.1 Å². The molecule has 0 N–H and O–H groups in total. The molecule has 1 aromatic heterocycles. The summed E-state index contributed by atoms with van der Waals surface area (Å²) in [5.74, 6) is 0.0694. The van der Waals surface area contributed by atoms with Crippen LogP contribution in [0.2, 0.25) is 0 Å². The van der Waals surface area contributed by atoms with Gasteiger partial charge in [-0.25, -0.2) is 0 Å². The van der Waals surface area contributed by atoms with E-state index in [1.807, 2.05) is 5.38 Å². The highest BCUT2D eigenvalue weighted by molar-refractivity contribution is 7.12. The van der Waals surface area contributed by atoms with Crippen LogP contribution in [0.15, 0.2) is 11.4 Å². The number of esters is 1. The quantitative estimate of drug-likeness (QED) is 0.794. The summed E-state index contributed by atoms with van der Waals surface area (Å²) in [4.78, 5) is 26.3. The number of methoxy groups -OCH3 is 2. The first-order chi connectivity index (χ1) is 9.17. The van der Waals surface area contributed by atoms with E-state index in [1.54, 1.807) is 18.1 Å². The van der Waals surface area contributed by atoms with Crippen molar-refractivity contribution in [2.24, 2.45) is 5.92 Å². The van der Waals surface area contributed by atoms with Gasteiger partial charge in [0.1, 0.15) is 10.6 Å². The molecule has 1 aliphatic rings. The van der Waals surface area contributed by atoms with Crippen LogP contribution in [0.4, 0.5) is 0 Å². The van der Waals surface area contributed by atoms with Gasteiger partial charge in [-0.05, 0) is 24.3 Å². The van der Waals surface area contributed by atoms with E-state index in [0.717, 1.165) is 12.8 Å². The first-order valence-electron chi connectivity index (χ1n) is 6.16. The molecule has 104 valence electrons. The molecule has 2 rings (SSSR count). The molecule has 1 amide bonds. The van der Waals surface area contributed by atoms with E-state index in [2.05, 4.69) is 0 Å². The number of thiophene rings is 1. The van der Waals surface area contributed by atoms with Gasteiger partial charge in [0.25, 0.3) is 5.91 Å². The summed E-state index contributed by atoms with van der Waals surface area (Å²) in [7, 11) is 2.93. The number of carbonyl (C=O) groups excluding carboxylic acids is 2. The van der Waals surface area contributed by atoms with Gasteiger partial charge in [0.15, 0.2) is 0 Å². The SMILES string of the molecule is COC(=O)[C@H]1CCCN(C(=O)c2sccc2OC)C1. The average molecular weight is 283 g/mol. The highest BCUT2D eigenvalue weighted by Crippen LogP contribution is 2.28. The van der Waals surface area contributed by atoms with Gasteiger partial charge in [0.2, 0.25) is 0 Å². The minimum Gasteiger partial charge on any atom is -0.495 e. The number of piperidine rings is 1. The summed E-state index contributed by atoms with van der Waals surface area (Å²) in [5, 5.41) is 1.83. The second-order valence-electron chi connectivity index (χ2n) is 4.43. The molecule has 1 fully saturated rings. The van der Waals surface area contributed by atoms with Gasteiger partial charge in [-0.3, -0.25) is 9.59 Å². The fourth-order valence-electron chi connectivity index (χ4n) is 2.28. The molecule has 1 aromatic rings. The number of nitrogens with zero attached hydrogens (tertiary/aromatic N) is 1. The Bertz CT molecular complexity index is 471. The summed E-state index contributed by atoms with van der Waals surface area (Å²) in [6.45, 7) is 1.10. The number of amides is 1. The number of likely N-dealkylation sites (tertiary alicyclic amines) is 1. The molecule has 0 bridgehead atoms. The Kier molecular flexibility index (Phi) is 4.42. The number of ether oxygens (including phenoxy) is 2. The largest absolute Gasteiger partial charge is 0.495 e. The zero-order valence-corrected chi connectivity index (χ0v) is 11.9. The lowest BCUT2D eigenvalue weighted by Crippen LogP contribution is -2.42. The fourth-order valence-corrected chi connectivity index (χ4v) is 3.10. The second-order valence-corrected chi connectivity index (χ2v) is 5.35. The number of hydrogen-bond donors (Lipinski definition) is 0. The lowest BCUT2D eigenvalue weighted by Gasteiger charge is -2.31. The summed E-state index contributed by atoms with van der Waals surface area (Å²) in [5.41, 5.74) is 0. The van der Waals surface area contributed by atoms with E-state index in [4.69, 9.17) is 9.47 Å². The van der Waals surface area contributed by atoms with Crippen molar-refractivity contribution in [2.45, 2.75) is 12.8 Å². The predicted molar refractivity (Wildman–Crippen MR) is 71.5 cm³/mol. The van der Waals surface area contributed by atoms with Crippen molar-refractivity contribution in [3.05, 3.63) is 16.3 Å². The van der Waals surface area contributed by atoms with Crippen molar-refractivity contribution in [3.8, 4) is 5.75 Å². The molecule has 1 aliphatic heterocycles. The molecule has 0 aliphatic carbocycles. The van der Waals surface area contributed by atoms with Gasteiger partial charge in [-0.15, -0.1) is 11.3 Å². The summed E-state index contributed by atoms with van der Waals surface area (Å²) in [6, 6.07) is 1.78. The van der Waals surface area contributed by atoms with Crippen LogP contribution >= 0.6 is 11.3 Å². The molecule has 0 aromatic carbocycles. The zero-order chi connectivity index (χ0) is 13.8. The van der Waals surface area contributed by atoms with E-state index >= 15 is 0 Å². The van der Waals surface area contributed by atoms with Crippen LogP contribution in [0.1, 0.15) is 22.5 Å². The maximum absolute atomic E-state index is 12.4. The first-order valence-corrected chi connectivity index (χ1v) is 7.04. The normalized spacial score (nSPS) is 19.1. The van der Waals surface area contributed by atoms with Crippen molar-refractivity contribution in [3.63, 3.8) is 0 Å². The Morgan fingerprint density at radius 2 is 2.21 bits per heavy atom. The van der Waals surface area contributed by atoms with Crippen molar-refractivity contribution in [1.29, 1.82) is 0 Å². The third-order valence-corrected chi connectivity index (χ3v) is 4.17. The van der Waals surface area contributed by atoms with Gasteiger partial charge >= 0.3 is 5.97 Å². The van der Waals surface area contributed by atoms with Gasteiger partial charge < -0.3 is 14.4 Å². The van der Waals surface area contributed by atoms with Crippen LogP contribution in [0, 0.1) is 5.92 Å². The minimum atomic E-state index is -0.240. The molecule has 0 unspecified atom stereocenters. The molecular weight excluding hydrogens is 266 g/mol. The van der Waals surface area contributed by atoms with Crippen molar-refractivity contribution >= 4 is 23.2 Å². The zero-order valence-electron chi connectivity index (χ0n) is 11.0. The number of hydrogen-bond acceptors (Lipinski definition) is 5. The van der Waals surface area contributed by atoms with E-state index in [1.165, 1.54) is 18.4 Å². The average Bonchev–Trinajstić information content (AvgIpc) is 2.94. The third-order valence-electron chi connectivity index (χ3n) is 3.29. The Labute approximate surface area is 116 Å². The molecule has 6 heteroatoms. The van der Waals surface area contributed by atoms with E-state index in [9.17, 15) is 9.59 Å². The highest BCUT2D eigenvalue weighted by atomic mass is 32.1. The number of rotatable bonds is 3. The fraction of sp³-hybridized carbons (Fsp3) is 0.538. The molecule has 1 atom stereocenters. The second kappa shape index (κ2) is 6.06. The van der Waals surface area contributed by atoms with Crippen molar-refractivity contribution < 1.29 is 19.1 Å². The van der Waals surface area contributed by atoms with Crippen LogP contribution in [0.25, 0.3) is 0 Å². The Hall–Kier alpha value is -1.56. The van der Waals surface area contributed by atoms with E-state index < -0.39 is 0 Å². The van der Waals surface area contributed by atoms with Crippen LogP contribution < -0.4 is 4.74 Å². The Balaban J connectivity index is 2.09. The summed E-state index contributed by atoms with van der Waals surface area (Å²) in [6.07, 6.45) is 1.59. The number of carbonyl (C=O) groups is 2. The minimum absolute atomic E-state index is 0.0690. The third kappa shape index (κ3) is 2.89. The van der Waals surface area contributed by atoms with Gasteiger partial charge in [-0.2, -0.15) is 0 Å². The lowest BCUT2D eigenvalue weighted by molar-refractivity contribution is -0.146. The molecule has 0 spiro atoms. The molecule has 19 heavy (non-hydrogen) atoms. The van der Waals surface area contributed by atoms with Crippen molar-refractivity contribution in [1.82, 2.24) is 4.90 Å². The monoisotopic (exact) mass is 283 g/mol. The molecule has 5 nitrogen and oxygen atoms in total.